The van der Waals surface area contributed by atoms with Crippen LogP contribution in [0.25, 0.3) is 0 Å². The van der Waals surface area contributed by atoms with Crippen molar-refractivity contribution in [1.82, 2.24) is 5.32 Å². The third-order valence-corrected chi connectivity index (χ3v) is 4.62. The highest BCUT2D eigenvalue weighted by molar-refractivity contribution is 6.30. The highest BCUT2D eigenvalue weighted by atomic mass is 35.5. The predicted octanol–water partition coefficient (Wildman–Crippen LogP) is 4.18. The second-order valence-electron chi connectivity index (χ2n) is 6.02. The number of ether oxygens (including phenoxy) is 1. The standard InChI is InChI=1S/C20H22ClNO2/c1-2-6-18-17-11-15(21)9-10-16(17)20(19(12-23)22-18)24-13-14-7-4-3-5-8-14/h2-5,7-11,18-20,22-23H,1,6,12-13H2/t18-,19-,20+/m0/s1. The van der Waals surface area contributed by atoms with E-state index in [9.17, 15) is 5.11 Å². The minimum Gasteiger partial charge on any atom is -0.395 e. The molecule has 0 fully saturated rings. The number of fused-ring (bicyclic) bond motifs is 1. The third-order valence-electron chi connectivity index (χ3n) is 4.38. The summed E-state index contributed by atoms with van der Waals surface area (Å²) in [6, 6.07) is 15.8. The summed E-state index contributed by atoms with van der Waals surface area (Å²) in [5.41, 5.74) is 3.31. The van der Waals surface area contributed by atoms with Crippen LogP contribution >= 0.6 is 11.6 Å². The summed E-state index contributed by atoms with van der Waals surface area (Å²) in [6.45, 7) is 4.34. The van der Waals surface area contributed by atoms with Crippen LogP contribution in [-0.4, -0.2) is 17.8 Å². The number of nitrogens with one attached hydrogen (secondary N) is 1. The van der Waals surface area contributed by atoms with Crippen LogP contribution in [0.2, 0.25) is 5.02 Å². The molecule has 0 unspecified atom stereocenters. The van der Waals surface area contributed by atoms with Crippen LogP contribution in [0, 0.1) is 0 Å². The molecule has 2 aromatic rings. The molecule has 0 spiro atoms. The van der Waals surface area contributed by atoms with Gasteiger partial charge in [0.1, 0.15) is 6.10 Å². The number of aliphatic hydroxyl groups is 1. The van der Waals surface area contributed by atoms with E-state index in [1.807, 2.05) is 54.6 Å². The fraction of sp³-hybridized carbons (Fsp3) is 0.300. The van der Waals surface area contributed by atoms with E-state index in [1.165, 1.54) is 0 Å². The maximum atomic E-state index is 9.83. The summed E-state index contributed by atoms with van der Waals surface area (Å²) in [6.07, 6.45) is 2.43. The van der Waals surface area contributed by atoms with E-state index >= 15 is 0 Å². The molecule has 2 N–H and O–H groups in total. The van der Waals surface area contributed by atoms with Gasteiger partial charge < -0.3 is 15.2 Å². The molecule has 3 atom stereocenters. The zero-order valence-corrected chi connectivity index (χ0v) is 14.2. The summed E-state index contributed by atoms with van der Waals surface area (Å²) < 4.78 is 6.17. The molecule has 0 aromatic heterocycles. The third kappa shape index (κ3) is 3.70. The average molecular weight is 344 g/mol. The zero-order chi connectivity index (χ0) is 16.9. The normalized spacial score (nSPS) is 22.8. The van der Waals surface area contributed by atoms with E-state index in [4.69, 9.17) is 16.3 Å². The molecule has 4 heteroatoms. The molecule has 24 heavy (non-hydrogen) atoms. The topological polar surface area (TPSA) is 41.5 Å². The van der Waals surface area contributed by atoms with Gasteiger partial charge in [0.05, 0.1) is 19.3 Å². The molecule has 0 aliphatic carbocycles. The lowest BCUT2D eigenvalue weighted by atomic mass is 9.86. The van der Waals surface area contributed by atoms with Crippen LogP contribution in [0.5, 0.6) is 0 Å². The number of benzene rings is 2. The lowest BCUT2D eigenvalue weighted by molar-refractivity contribution is -0.0122. The molecule has 126 valence electrons. The first-order chi connectivity index (χ1) is 11.7. The lowest BCUT2D eigenvalue weighted by Gasteiger charge is -2.38. The van der Waals surface area contributed by atoms with Crippen molar-refractivity contribution in [2.24, 2.45) is 0 Å². The van der Waals surface area contributed by atoms with Crippen LogP contribution in [0.15, 0.2) is 61.2 Å². The molecular weight excluding hydrogens is 322 g/mol. The molecule has 0 amide bonds. The Labute approximate surface area is 147 Å². The number of aliphatic hydroxyl groups excluding tert-OH is 1. The Morgan fingerprint density at radius 3 is 2.67 bits per heavy atom. The van der Waals surface area contributed by atoms with Crippen molar-refractivity contribution in [3.8, 4) is 0 Å². The largest absolute Gasteiger partial charge is 0.395 e. The van der Waals surface area contributed by atoms with Gasteiger partial charge in [-0.05, 0) is 35.2 Å². The number of hydrogen-bond donors (Lipinski definition) is 2. The van der Waals surface area contributed by atoms with E-state index in [0.29, 0.717) is 11.6 Å². The van der Waals surface area contributed by atoms with Crippen LogP contribution in [0.1, 0.15) is 35.3 Å². The van der Waals surface area contributed by atoms with E-state index < -0.39 is 0 Å². The molecule has 3 nitrogen and oxygen atoms in total. The Kier molecular flexibility index (Phi) is 5.69. The van der Waals surface area contributed by atoms with Crippen molar-refractivity contribution >= 4 is 11.6 Å². The van der Waals surface area contributed by atoms with E-state index in [1.54, 1.807) is 0 Å². The summed E-state index contributed by atoms with van der Waals surface area (Å²) in [7, 11) is 0. The Balaban J connectivity index is 1.88. The van der Waals surface area contributed by atoms with Crippen molar-refractivity contribution in [2.45, 2.75) is 31.2 Å². The van der Waals surface area contributed by atoms with Gasteiger partial charge in [-0.3, -0.25) is 0 Å². The monoisotopic (exact) mass is 343 g/mol. The minimum absolute atomic E-state index is 0.00909. The Morgan fingerprint density at radius 1 is 1.17 bits per heavy atom. The van der Waals surface area contributed by atoms with Gasteiger partial charge in [0.2, 0.25) is 0 Å². The highest BCUT2D eigenvalue weighted by Gasteiger charge is 2.34. The average Bonchev–Trinajstić information content (AvgIpc) is 2.61. The SMILES string of the molecule is C=CC[C@@H]1N[C@@H](CO)[C@H](OCc2ccccc2)c2ccc(Cl)cc21. The number of rotatable bonds is 6. The van der Waals surface area contributed by atoms with E-state index in [2.05, 4.69) is 11.9 Å². The van der Waals surface area contributed by atoms with Crippen LogP contribution < -0.4 is 5.32 Å². The quantitative estimate of drug-likeness (QED) is 0.773. The Hall–Kier alpha value is -1.65. The lowest BCUT2D eigenvalue weighted by Crippen LogP contribution is -2.45. The molecule has 2 aromatic carbocycles. The van der Waals surface area contributed by atoms with Crippen molar-refractivity contribution < 1.29 is 9.84 Å². The van der Waals surface area contributed by atoms with Gasteiger partial charge in [-0.25, -0.2) is 0 Å². The molecule has 1 aliphatic rings. The van der Waals surface area contributed by atoms with Crippen LogP contribution in [0.4, 0.5) is 0 Å². The predicted molar refractivity (Wildman–Crippen MR) is 97.0 cm³/mol. The summed E-state index contributed by atoms with van der Waals surface area (Å²) >= 11 is 6.19. The summed E-state index contributed by atoms with van der Waals surface area (Å²) in [4.78, 5) is 0. The first kappa shape index (κ1) is 17.2. The van der Waals surface area contributed by atoms with E-state index in [0.717, 1.165) is 23.1 Å². The molecule has 0 saturated heterocycles. The van der Waals surface area contributed by atoms with Gasteiger partial charge in [0.25, 0.3) is 0 Å². The van der Waals surface area contributed by atoms with Gasteiger partial charge >= 0.3 is 0 Å². The first-order valence-corrected chi connectivity index (χ1v) is 8.53. The fourth-order valence-electron chi connectivity index (χ4n) is 3.24. The first-order valence-electron chi connectivity index (χ1n) is 8.15. The summed E-state index contributed by atoms with van der Waals surface area (Å²) in [5.74, 6) is 0. The van der Waals surface area contributed by atoms with Gasteiger partial charge in [-0.1, -0.05) is 54.1 Å². The van der Waals surface area contributed by atoms with Gasteiger partial charge in [0.15, 0.2) is 0 Å². The molecule has 0 radical (unpaired) electrons. The highest BCUT2D eigenvalue weighted by Crippen LogP contribution is 2.38. The molecule has 3 rings (SSSR count). The van der Waals surface area contributed by atoms with Crippen molar-refractivity contribution in [2.75, 3.05) is 6.61 Å². The van der Waals surface area contributed by atoms with Crippen LogP contribution in [-0.2, 0) is 11.3 Å². The molecular formula is C20H22ClNO2. The smallest absolute Gasteiger partial charge is 0.101 e. The van der Waals surface area contributed by atoms with Gasteiger partial charge in [0, 0.05) is 11.1 Å². The summed E-state index contributed by atoms with van der Waals surface area (Å²) in [5, 5.41) is 14.0. The Bertz CT molecular complexity index is 689. The van der Waals surface area contributed by atoms with E-state index in [-0.39, 0.29) is 24.8 Å². The zero-order valence-electron chi connectivity index (χ0n) is 13.5. The Morgan fingerprint density at radius 2 is 1.96 bits per heavy atom. The van der Waals surface area contributed by atoms with Crippen molar-refractivity contribution in [3.05, 3.63) is 82.9 Å². The maximum absolute atomic E-state index is 9.83. The number of hydrogen-bond acceptors (Lipinski definition) is 3. The van der Waals surface area contributed by atoms with Crippen molar-refractivity contribution in [3.63, 3.8) is 0 Å². The number of halogens is 1. The maximum Gasteiger partial charge on any atom is 0.101 e. The molecule has 0 bridgehead atoms. The van der Waals surface area contributed by atoms with Crippen molar-refractivity contribution in [1.29, 1.82) is 0 Å². The van der Waals surface area contributed by atoms with Gasteiger partial charge in [-0.2, -0.15) is 0 Å². The fourth-order valence-corrected chi connectivity index (χ4v) is 3.42. The second-order valence-corrected chi connectivity index (χ2v) is 6.46. The molecule has 1 heterocycles. The molecule has 0 saturated carbocycles. The van der Waals surface area contributed by atoms with Crippen LogP contribution in [0.3, 0.4) is 0 Å². The van der Waals surface area contributed by atoms with Gasteiger partial charge in [-0.15, -0.1) is 6.58 Å². The second kappa shape index (κ2) is 7.95. The minimum atomic E-state index is -0.219. The molecule has 1 aliphatic heterocycles.